The molecule has 238 valence electrons. The second-order valence-corrected chi connectivity index (χ2v) is 12.1. The van der Waals surface area contributed by atoms with E-state index in [1.165, 1.54) is 12.7 Å². The summed E-state index contributed by atoms with van der Waals surface area (Å²) < 4.78 is 17.2. The summed E-state index contributed by atoms with van der Waals surface area (Å²) in [6.45, 7) is 4.75. The van der Waals surface area contributed by atoms with E-state index in [1.807, 2.05) is 68.4 Å². The molecule has 0 atom stereocenters. The highest BCUT2D eigenvalue weighted by Crippen LogP contribution is 2.29. The van der Waals surface area contributed by atoms with Crippen LogP contribution in [0.4, 0.5) is 0 Å². The molecule has 6 heteroatoms. The number of ether oxygens (including phenoxy) is 3. The van der Waals surface area contributed by atoms with Gasteiger partial charge in [0, 0.05) is 18.1 Å². The van der Waals surface area contributed by atoms with Crippen molar-refractivity contribution in [2.75, 3.05) is 20.3 Å². The molecule has 0 aliphatic rings. The molecule has 0 amide bonds. The number of nitrogens with zero attached hydrogens (tertiary/aromatic N) is 1. The third-order valence-corrected chi connectivity index (χ3v) is 7.80. The minimum Gasteiger partial charge on any atom is -0.493 e. The lowest BCUT2D eigenvalue weighted by Crippen LogP contribution is -2.19. The summed E-state index contributed by atoms with van der Waals surface area (Å²) in [7, 11) is 1.42. The predicted octanol–water partition coefficient (Wildman–Crippen LogP) is 8.63. The summed E-state index contributed by atoms with van der Waals surface area (Å²) in [5.41, 5.74) is 5.77. The highest BCUT2D eigenvalue weighted by atomic mass is 16.5. The Hall–Kier alpha value is -4.16. The van der Waals surface area contributed by atoms with Crippen LogP contribution >= 0.6 is 0 Å². The number of hydrogen-bond acceptors (Lipinski definition) is 6. The van der Waals surface area contributed by atoms with Crippen LogP contribution in [-0.4, -0.2) is 42.0 Å². The van der Waals surface area contributed by atoms with Crippen LogP contribution in [0.2, 0.25) is 0 Å². The standard InChI is InChI=1S/C39H47NO5/c1-39(2,42)25-15-27-44-36-22-14-21-31(34(36)23-24-38(41)43-3)18-8-4-5-13-26-45-37-29-33(30-16-9-6-10-17-30)28-35(40-37)32-19-11-7-12-20-32/h6-7,9-12,14,16-17,19-22,28-29,42H,4-5,8,13,15,18,23-27H2,1-3H3. The lowest BCUT2D eigenvalue weighted by Gasteiger charge is -2.18. The van der Waals surface area contributed by atoms with Crippen LogP contribution in [0.5, 0.6) is 11.6 Å². The average Bonchev–Trinajstić information content (AvgIpc) is 3.05. The van der Waals surface area contributed by atoms with Gasteiger partial charge in [0.15, 0.2) is 0 Å². The fraction of sp³-hybridized carbons (Fsp3) is 0.385. The molecular weight excluding hydrogens is 562 g/mol. The molecule has 0 saturated heterocycles. The van der Waals surface area contributed by atoms with Gasteiger partial charge in [-0.1, -0.05) is 85.6 Å². The van der Waals surface area contributed by atoms with Gasteiger partial charge >= 0.3 is 5.97 Å². The summed E-state index contributed by atoms with van der Waals surface area (Å²) in [6, 6.07) is 30.8. The first-order chi connectivity index (χ1) is 21.8. The quantitative estimate of drug-likeness (QED) is 0.0899. The van der Waals surface area contributed by atoms with Crippen LogP contribution in [0.3, 0.4) is 0 Å². The van der Waals surface area contributed by atoms with Gasteiger partial charge in [-0.05, 0) is 86.8 Å². The van der Waals surface area contributed by atoms with E-state index in [9.17, 15) is 9.90 Å². The molecule has 0 aliphatic heterocycles. The summed E-state index contributed by atoms with van der Waals surface area (Å²) in [4.78, 5) is 16.7. The number of methoxy groups -OCH3 is 1. The Morgan fingerprint density at radius 2 is 1.42 bits per heavy atom. The van der Waals surface area contributed by atoms with E-state index in [-0.39, 0.29) is 5.97 Å². The molecule has 0 fully saturated rings. The summed E-state index contributed by atoms with van der Waals surface area (Å²) in [6.07, 6.45) is 7.33. The molecule has 0 saturated carbocycles. The van der Waals surface area contributed by atoms with Crippen LogP contribution < -0.4 is 9.47 Å². The number of rotatable bonds is 18. The number of aromatic nitrogens is 1. The normalized spacial score (nSPS) is 11.3. The molecule has 0 bridgehead atoms. The van der Waals surface area contributed by atoms with Crippen molar-refractivity contribution in [2.45, 2.75) is 77.2 Å². The summed E-state index contributed by atoms with van der Waals surface area (Å²) in [5.74, 6) is 1.24. The minimum atomic E-state index is -0.711. The van der Waals surface area contributed by atoms with E-state index < -0.39 is 5.60 Å². The molecule has 6 nitrogen and oxygen atoms in total. The highest BCUT2D eigenvalue weighted by molar-refractivity contribution is 5.72. The van der Waals surface area contributed by atoms with Crippen LogP contribution in [0, 0.1) is 0 Å². The number of aliphatic hydroxyl groups is 1. The molecule has 0 spiro atoms. The van der Waals surface area contributed by atoms with Crippen LogP contribution in [0.25, 0.3) is 22.4 Å². The maximum absolute atomic E-state index is 11.9. The third-order valence-electron chi connectivity index (χ3n) is 7.80. The van der Waals surface area contributed by atoms with Gasteiger partial charge in [-0.15, -0.1) is 0 Å². The van der Waals surface area contributed by atoms with Gasteiger partial charge in [0.05, 0.1) is 31.6 Å². The Labute approximate surface area is 268 Å². The Kier molecular flexibility index (Phi) is 13.0. The molecule has 45 heavy (non-hydrogen) atoms. The van der Waals surface area contributed by atoms with Gasteiger partial charge in [0.2, 0.25) is 5.88 Å². The molecule has 0 unspecified atom stereocenters. The molecule has 1 N–H and O–H groups in total. The van der Waals surface area contributed by atoms with Crippen molar-refractivity contribution in [2.24, 2.45) is 0 Å². The Morgan fingerprint density at radius 1 is 0.733 bits per heavy atom. The van der Waals surface area contributed by atoms with Crippen molar-refractivity contribution in [3.63, 3.8) is 0 Å². The minimum absolute atomic E-state index is 0.225. The Balaban J connectivity index is 1.30. The fourth-order valence-corrected chi connectivity index (χ4v) is 5.36. The Morgan fingerprint density at radius 3 is 2.13 bits per heavy atom. The third kappa shape index (κ3) is 11.4. The van der Waals surface area contributed by atoms with Crippen molar-refractivity contribution < 1.29 is 24.1 Å². The zero-order valence-electron chi connectivity index (χ0n) is 27.0. The van der Waals surface area contributed by atoms with Crippen molar-refractivity contribution in [1.29, 1.82) is 0 Å². The number of benzene rings is 3. The SMILES string of the molecule is COC(=O)CCc1c(CCCCCCOc2cc(-c3ccccc3)cc(-c3ccccc3)n2)cccc1OCCCC(C)(C)O. The van der Waals surface area contributed by atoms with Gasteiger partial charge in [-0.25, -0.2) is 4.98 Å². The zero-order chi connectivity index (χ0) is 31.9. The maximum atomic E-state index is 11.9. The van der Waals surface area contributed by atoms with Crippen LogP contribution in [0.1, 0.15) is 69.9 Å². The van der Waals surface area contributed by atoms with Gasteiger partial charge < -0.3 is 19.3 Å². The van der Waals surface area contributed by atoms with E-state index >= 15 is 0 Å². The van der Waals surface area contributed by atoms with E-state index in [1.54, 1.807) is 0 Å². The first-order valence-corrected chi connectivity index (χ1v) is 16.1. The lowest BCUT2D eigenvalue weighted by atomic mass is 9.96. The zero-order valence-corrected chi connectivity index (χ0v) is 27.0. The fourth-order valence-electron chi connectivity index (χ4n) is 5.36. The second-order valence-electron chi connectivity index (χ2n) is 12.1. The molecule has 1 heterocycles. The Bertz CT molecular complexity index is 1410. The van der Waals surface area contributed by atoms with Gasteiger partial charge in [0.25, 0.3) is 0 Å². The number of aryl methyl sites for hydroxylation is 1. The average molecular weight is 610 g/mol. The first-order valence-electron chi connectivity index (χ1n) is 16.1. The number of hydrogen-bond donors (Lipinski definition) is 1. The van der Waals surface area contributed by atoms with E-state index in [2.05, 4.69) is 36.4 Å². The molecule has 4 rings (SSSR count). The highest BCUT2D eigenvalue weighted by Gasteiger charge is 2.15. The number of unbranched alkanes of at least 4 members (excludes halogenated alkanes) is 3. The van der Waals surface area contributed by atoms with Crippen molar-refractivity contribution in [3.8, 4) is 34.0 Å². The molecular formula is C39H47NO5. The lowest BCUT2D eigenvalue weighted by molar-refractivity contribution is -0.140. The maximum Gasteiger partial charge on any atom is 0.305 e. The predicted molar refractivity (Wildman–Crippen MR) is 181 cm³/mol. The van der Waals surface area contributed by atoms with Crippen molar-refractivity contribution in [3.05, 3.63) is 102 Å². The van der Waals surface area contributed by atoms with Crippen molar-refractivity contribution in [1.82, 2.24) is 4.98 Å². The van der Waals surface area contributed by atoms with Crippen LogP contribution in [-0.2, 0) is 22.4 Å². The number of carbonyl (C=O) groups is 1. The monoisotopic (exact) mass is 609 g/mol. The van der Waals surface area contributed by atoms with Gasteiger partial charge in [-0.3, -0.25) is 4.79 Å². The molecule has 1 aromatic heterocycles. The number of carbonyl (C=O) groups excluding carboxylic acids is 1. The van der Waals surface area contributed by atoms with E-state index in [0.717, 1.165) is 72.2 Å². The largest absolute Gasteiger partial charge is 0.493 e. The van der Waals surface area contributed by atoms with Crippen molar-refractivity contribution >= 4 is 5.97 Å². The summed E-state index contributed by atoms with van der Waals surface area (Å²) >= 11 is 0. The van der Waals surface area contributed by atoms with Gasteiger partial charge in [-0.2, -0.15) is 0 Å². The van der Waals surface area contributed by atoms with E-state index in [4.69, 9.17) is 19.2 Å². The second kappa shape index (κ2) is 17.4. The summed E-state index contributed by atoms with van der Waals surface area (Å²) in [5, 5.41) is 10.0. The van der Waals surface area contributed by atoms with Crippen LogP contribution in [0.15, 0.2) is 91.0 Å². The molecule has 0 radical (unpaired) electrons. The van der Waals surface area contributed by atoms with E-state index in [0.29, 0.717) is 38.4 Å². The van der Waals surface area contributed by atoms with Gasteiger partial charge in [0.1, 0.15) is 5.75 Å². The number of pyridine rings is 1. The molecule has 0 aliphatic carbocycles. The first kappa shape index (κ1) is 33.7. The number of esters is 1. The molecule has 3 aromatic carbocycles. The topological polar surface area (TPSA) is 77.9 Å². The molecule has 4 aromatic rings. The smallest absolute Gasteiger partial charge is 0.305 e.